The van der Waals surface area contributed by atoms with E-state index in [9.17, 15) is 0 Å². The molecule has 4 heteroatoms. The van der Waals surface area contributed by atoms with Crippen molar-refractivity contribution in [3.05, 3.63) is 42.0 Å². The normalized spacial score (nSPS) is 21.1. The maximum atomic E-state index is 5.16. The Hall–Kier alpha value is -1.97. The third kappa shape index (κ3) is 2.72. The number of aliphatic imine (C=N–C) groups is 1. The van der Waals surface area contributed by atoms with Gasteiger partial charge in [-0.3, -0.25) is 0 Å². The lowest BCUT2D eigenvalue weighted by molar-refractivity contribution is 0.415. The Kier molecular flexibility index (Phi) is 3.40. The maximum Gasteiger partial charge on any atom is 0.136 e. The number of aromatic amines is 1. The molecule has 1 aliphatic heterocycles. The number of hydrogen-bond acceptors (Lipinski definition) is 3. The molecule has 0 bridgehead atoms. The van der Waals surface area contributed by atoms with Gasteiger partial charge in [0.2, 0.25) is 0 Å². The average Bonchev–Trinajstić information content (AvgIpc) is 3.16. The molecule has 0 aromatic carbocycles. The van der Waals surface area contributed by atoms with Crippen LogP contribution in [0.2, 0.25) is 0 Å². The Labute approximate surface area is 113 Å². The fraction of sp³-hybridized carbons (Fsp3) is 0.400. The zero-order valence-corrected chi connectivity index (χ0v) is 11.1. The van der Waals surface area contributed by atoms with Crippen LogP contribution in [0.15, 0.2) is 41.3 Å². The van der Waals surface area contributed by atoms with Crippen LogP contribution in [0.1, 0.15) is 31.4 Å². The van der Waals surface area contributed by atoms with Gasteiger partial charge in [-0.05, 0) is 25.0 Å². The SMILES string of the molecule is COc1c[nH]c(C2=N/C(=C/NC3CCCC3)C=C2)c1. The first-order valence-electron chi connectivity index (χ1n) is 6.81. The van der Waals surface area contributed by atoms with E-state index < -0.39 is 0 Å². The van der Waals surface area contributed by atoms with E-state index in [1.807, 2.05) is 30.6 Å². The van der Waals surface area contributed by atoms with Crippen LogP contribution >= 0.6 is 0 Å². The summed E-state index contributed by atoms with van der Waals surface area (Å²) in [6, 6.07) is 2.59. The third-order valence-corrected chi connectivity index (χ3v) is 3.65. The highest BCUT2D eigenvalue weighted by molar-refractivity contribution is 6.10. The van der Waals surface area contributed by atoms with Crippen LogP contribution < -0.4 is 10.1 Å². The van der Waals surface area contributed by atoms with E-state index in [0.717, 1.165) is 22.9 Å². The molecule has 0 radical (unpaired) electrons. The molecule has 1 aliphatic carbocycles. The molecule has 0 atom stereocenters. The Morgan fingerprint density at radius 2 is 2.21 bits per heavy atom. The predicted molar refractivity (Wildman–Crippen MR) is 76.5 cm³/mol. The van der Waals surface area contributed by atoms with Gasteiger partial charge in [0.05, 0.1) is 24.2 Å². The van der Waals surface area contributed by atoms with E-state index in [2.05, 4.69) is 15.3 Å². The highest BCUT2D eigenvalue weighted by Crippen LogP contribution is 2.20. The lowest BCUT2D eigenvalue weighted by Gasteiger charge is -2.08. The molecule has 2 aliphatic rings. The number of nitrogens with one attached hydrogen (secondary N) is 2. The number of hydrogen-bond donors (Lipinski definition) is 2. The summed E-state index contributed by atoms with van der Waals surface area (Å²) in [5.74, 6) is 0.826. The fourth-order valence-electron chi connectivity index (χ4n) is 2.54. The van der Waals surface area contributed by atoms with Crippen LogP contribution in [0, 0.1) is 0 Å². The topological polar surface area (TPSA) is 49.4 Å². The number of aromatic nitrogens is 1. The molecule has 0 unspecified atom stereocenters. The minimum Gasteiger partial charge on any atom is -0.495 e. The molecule has 1 fully saturated rings. The van der Waals surface area contributed by atoms with Gasteiger partial charge in [0.15, 0.2) is 0 Å². The monoisotopic (exact) mass is 257 g/mol. The molecule has 0 saturated heterocycles. The molecule has 1 saturated carbocycles. The average molecular weight is 257 g/mol. The number of rotatable bonds is 4. The molecule has 100 valence electrons. The Bertz CT molecular complexity index is 533. The predicted octanol–water partition coefficient (Wildman–Crippen LogP) is 2.76. The minimum atomic E-state index is 0.630. The van der Waals surface area contributed by atoms with Crippen LogP contribution in [-0.4, -0.2) is 23.8 Å². The Morgan fingerprint density at radius 3 is 2.95 bits per heavy atom. The molecule has 1 aromatic rings. The highest BCUT2D eigenvalue weighted by Gasteiger charge is 2.14. The van der Waals surface area contributed by atoms with Crippen molar-refractivity contribution in [3.63, 3.8) is 0 Å². The molecule has 4 nitrogen and oxygen atoms in total. The molecule has 0 spiro atoms. The first-order valence-corrected chi connectivity index (χ1v) is 6.81. The first kappa shape index (κ1) is 12.1. The van der Waals surface area contributed by atoms with E-state index in [-0.39, 0.29) is 0 Å². The van der Waals surface area contributed by atoms with Crippen molar-refractivity contribution >= 4 is 5.71 Å². The van der Waals surface area contributed by atoms with Gasteiger partial charge in [0.25, 0.3) is 0 Å². The quantitative estimate of drug-likeness (QED) is 0.871. The van der Waals surface area contributed by atoms with E-state index in [1.54, 1.807) is 7.11 Å². The summed E-state index contributed by atoms with van der Waals surface area (Å²) in [5, 5.41) is 3.46. The molecule has 1 aromatic heterocycles. The number of H-pyrrole nitrogens is 1. The van der Waals surface area contributed by atoms with E-state index >= 15 is 0 Å². The number of methoxy groups -OCH3 is 1. The van der Waals surface area contributed by atoms with Crippen LogP contribution in [0.25, 0.3) is 0 Å². The summed E-state index contributed by atoms with van der Waals surface area (Å²) in [6.07, 6.45) is 13.2. The maximum absolute atomic E-state index is 5.16. The summed E-state index contributed by atoms with van der Waals surface area (Å²) < 4.78 is 5.16. The minimum absolute atomic E-state index is 0.630. The number of allylic oxidation sites excluding steroid dienone is 2. The van der Waals surface area contributed by atoms with Crippen molar-refractivity contribution < 1.29 is 4.74 Å². The second-order valence-corrected chi connectivity index (χ2v) is 5.00. The van der Waals surface area contributed by atoms with Crippen molar-refractivity contribution in [1.29, 1.82) is 0 Å². The van der Waals surface area contributed by atoms with Crippen molar-refractivity contribution in [2.24, 2.45) is 4.99 Å². The van der Waals surface area contributed by atoms with E-state index in [1.165, 1.54) is 25.7 Å². The molecular weight excluding hydrogens is 238 g/mol. The van der Waals surface area contributed by atoms with Crippen LogP contribution in [0.3, 0.4) is 0 Å². The second-order valence-electron chi connectivity index (χ2n) is 5.00. The summed E-state index contributed by atoms with van der Waals surface area (Å²) in [7, 11) is 1.66. The summed E-state index contributed by atoms with van der Waals surface area (Å²) in [5.41, 5.74) is 2.91. The number of ether oxygens (including phenoxy) is 1. The van der Waals surface area contributed by atoms with Gasteiger partial charge >= 0.3 is 0 Å². The smallest absolute Gasteiger partial charge is 0.136 e. The summed E-state index contributed by atoms with van der Waals surface area (Å²) in [4.78, 5) is 7.75. The van der Waals surface area contributed by atoms with Crippen LogP contribution in [0.4, 0.5) is 0 Å². The lowest BCUT2D eigenvalue weighted by atomic mass is 10.2. The fourth-order valence-corrected chi connectivity index (χ4v) is 2.54. The van der Waals surface area contributed by atoms with Gasteiger partial charge in [-0.2, -0.15) is 0 Å². The summed E-state index contributed by atoms with van der Waals surface area (Å²) >= 11 is 0. The van der Waals surface area contributed by atoms with Gasteiger partial charge < -0.3 is 15.0 Å². The molecule has 0 amide bonds. The van der Waals surface area contributed by atoms with Gasteiger partial charge in [-0.15, -0.1) is 0 Å². The van der Waals surface area contributed by atoms with E-state index in [4.69, 9.17) is 4.74 Å². The van der Waals surface area contributed by atoms with Gasteiger partial charge in [0, 0.05) is 24.5 Å². The first-order chi connectivity index (χ1) is 9.35. The van der Waals surface area contributed by atoms with Gasteiger partial charge in [0.1, 0.15) is 5.75 Å². The van der Waals surface area contributed by atoms with Crippen molar-refractivity contribution in [3.8, 4) is 5.75 Å². The van der Waals surface area contributed by atoms with E-state index in [0.29, 0.717) is 6.04 Å². The molecule has 3 rings (SSSR count). The second kappa shape index (κ2) is 5.34. The number of nitrogens with zero attached hydrogens (tertiary/aromatic N) is 1. The van der Waals surface area contributed by atoms with Gasteiger partial charge in [-0.1, -0.05) is 12.8 Å². The van der Waals surface area contributed by atoms with Crippen LogP contribution in [0.5, 0.6) is 5.75 Å². The Morgan fingerprint density at radius 1 is 1.37 bits per heavy atom. The zero-order valence-electron chi connectivity index (χ0n) is 11.1. The third-order valence-electron chi connectivity index (χ3n) is 3.65. The molecular formula is C15H19N3O. The van der Waals surface area contributed by atoms with Crippen molar-refractivity contribution in [2.75, 3.05) is 7.11 Å². The van der Waals surface area contributed by atoms with Crippen LogP contribution in [-0.2, 0) is 0 Å². The zero-order chi connectivity index (χ0) is 13.1. The molecule has 2 N–H and O–H groups in total. The summed E-state index contributed by atoms with van der Waals surface area (Å²) in [6.45, 7) is 0. The standard InChI is InChI=1S/C15H19N3O/c1-19-13-8-15(17-10-13)14-7-6-12(18-14)9-16-11-4-2-3-5-11/h6-11,16-17H,2-5H2,1H3/b12-9+. The largest absolute Gasteiger partial charge is 0.495 e. The highest BCUT2D eigenvalue weighted by atomic mass is 16.5. The molecule has 2 heterocycles. The van der Waals surface area contributed by atoms with Crippen molar-refractivity contribution in [1.82, 2.24) is 10.3 Å². The lowest BCUT2D eigenvalue weighted by Crippen LogP contribution is -2.20. The van der Waals surface area contributed by atoms with Gasteiger partial charge in [-0.25, -0.2) is 4.99 Å². The molecule has 19 heavy (non-hydrogen) atoms. The Balaban J connectivity index is 1.67. The van der Waals surface area contributed by atoms with Crippen molar-refractivity contribution in [2.45, 2.75) is 31.7 Å².